The van der Waals surface area contributed by atoms with Crippen molar-refractivity contribution in [2.45, 2.75) is 19.9 Å². The molecule has 2 aromatic rings. The van der Waals surface area contributed by atoms with Crippen molar-refractivity contribution in [3.05, 3.63) is 29.5 Å². The normalized spacial score (nSPS) is 17.1. The van der Waals surface area contributed by atoms with Crippen LogP contribution in [-0.2, 0) is 13.0 Å². The van der Waals surface area contributed by atoms with E-state index in [2.05, 4.69) is 34.7 Å². The summed E-state index contributed by atoms with van der Waals surface area (Å²) in [6, 6.07) is 6.41. The summed E-state index contributed by atoms with van der Waals surface area (Å²) in [5.41, 5.74) is 4.01. The fourth-order valence-corrected chi connectivity index (χ4v) is 3.46. The second-order valence-corrected chi connectivity index (χ2v) is 5.44. The van der Waals surface area contributed by atoms with Crippen LogP contribution in [0.1, 0.15) is 18.2 Å². The van der Waals surface area contributed by atoms with E-state index in [1.54, 1.807) is 0 Å². The molecule has 0 fully saturated rings. The minimum absolute atomic E-state index is 0.704. The zero-order chi connectivity index (χ0) is 13.7. The first-order chi connectivity index (χ1) is 9.81. The van der Waals surface area contributed by atoms with Crippen molar-refractivity contribution in [2.75, 3.05) is 26.7 Å². The number of aromatic nitrogens is 1. The predicted octanol–water partition coefficient (Wildman–Crippen LogP) is 2.29. The summed E-state index contributed by atoms with van der Waals surface area (Å²) in [4.78, 5) is 7.01. The third-order valence-electron chi connectivity index (χ3n) is 4.31. The Kier molecular flexibility index (Phi) is 2.52. The van der Waals surface area contributed by atoms with Gasteiger partial charge in [0.05, 0.1) is 17.8 Å². The van der Waals surface area contributed by atoms with Gasteiger partial charge < -0.3 is 14.2 Å². The summed E-state index contributed by atoms with van der Waals surface area (Å²) >= 11 is 0. The summed E-state index contributed by atoms with van der Waals surface area (Å²) in [6.07, 6.45) is 1.03. The highest BCUT2D eigenvalue weighted by molar-refractivity contribution is 6.07. The Hall–Kier alpha value is -1.97. The van der Waals surface area contributed by atoms with Gasteiger partial charge >= 0.3 is 0 Å². The van der Waals surface area contributed by atoms with Crippen LogP contribution in [0.4, 0.5) is 0 Å². The number of ether oxygens (including phenoxy) is 1. The summed E-state index contributed by atoms with van der Waals surface area (Å²) < 4.78 is 8.26. The number of likely N-dealkylation sites (N-methyl/N-ethyl adjacent to an activating group) is 1. The zero-order valence-electron chi connectivity index (χ0n) is 12.0. The van der Waals surface area contributed by atoms with Gasteiger partial charge in [-0.3, -0.25) is 4.99 Å². The van der Waals surface area contributed by atoms with E-state index in [0.29, 0.717) is 6.61 Å². The van der Waals surface area contributed by atoms with E-state index in [0.717, 1.165) is 37.6 Å². The van der Waals surface area contributed by atoms with E-state index < -0.39 is 0 Å². The van der Waals surface area contributed by atoms with Gasteiger partial charge in [0.2, 0.25) is 0 Å². The lowest BCUT2D eigenvalue weighted by atomic mass is 10.0. The van der Waals surface area contributed by atoms with Gasteiger partial charge in [-0.2, -0.15) is 0 Å². The summed E-state index contributed by atoms with van der Waals surface area (Å²) in [5.74, 6) is 2.15. The molecule has 104 valence electrons. The standard InChI is InChI=1S/C16H19N3O/c1-3-20-13-6-4-5-11-12-7-8-17-16-15(12)19(14(11)13)10-9-18(16)2/h4-6H,3,7-10H2,1-2H3. The fraction of sp³-hybridized carbons (Fsp3) is 0.438. The van der Waals surface area contributed by atoms with Gasteiger partial charge in [-0.1, -0.05) is 12.1 Å². The largest absolute Gasteiger partial charge is 0.492 e. The Morgan fingerprint density at radius 1 is 1.30 bits per heavy atom. The molecule has 4 heteroatoms. The lowest BCUT2D eigenvalue weighted by molar-refractivity contribution is 0.341. The Balaban J connectivity index is 2.07. The molecule has 1 aromatic carbocycles. The van der Waals surface area contributed by atoms with Gasteiger partial charge in [0, 0.05) is 32.1 Å². The third kappa shape index (κ3) is 1.45. The van der Waals surface area contributed by atoms with Crippen LogP contribution in [-0.4, -0.2) is 42.0 Å². The Bertz CT molecular complexity index is 714. The number of rotatable bonds is 2. The molecule has 0 aliphatic carbocycles. The van der Waals surface area contributed by atoms with Gasteiger partial charge in [0.1, 0.15) is 11.6 Å². The van der Waals surface area contributed by atoms with Crippen molar-refractivity contribution in [1.29, 1.82) is 0 Å². The van der Waals surface area contributed by atoms with Gasteiger partial charge in [-0.15, -0.1) is 0 Å². The predicted molar refractivity (Wildman–Crippen MR) is 80.8 cm³/mol. The third-order valence-corrected chi connectivity index (χ3v) is 4.31. The van der Waals surface area contributed by atoms with Crippen LogP contribution in [0.15, 0.2) is 23.2 Å². The molecule has 0 atom stereocenters. The molecule has 0 bridgehead atoms. The van der Waals surface area contributed by atoms with Gasteiger partial charge in [0.25, 0.3) is 0 Å². The first-order valence-corrected chi connectivity index (χ1v) is 7.34. The molecular weight excluding hydrogens is 250 g/mol. The van der Waals surface area contributed by atoms with E-state index in [1.165, 1.54) is 22.2 Å². The van der Waals surface area contributed by atoms with Crippen molar-refractivity contribution in [1.82, 2.24) is 9.47 Å². The van der Waals surface area contributed by atoms with Crippen LogP contribution < -0.4 is 4.74 Å². The van der Waals surface area contributed by atoms with Crippen molar-refractivity contribution in [3.8, 4) is 5.75 Å². The number of aliphatic imine (C=N–C) groups is 1. The molecule has 2 aliphatic rings. The quantitative estimate of drug-likeness (QED) is 0.837. The van der Waals surface area contributed by atoms with Crippen LogP contribution in [0.2, 0.25) is 0 Å². The number of fused-ring (bicyclic) bond motifs is 3. The number of para-hydroxylation sites is 1. The molecule has 0 unspecified atom stereocenters. The summed E-state index contributed by atoms with van der Waals surface area (Å²) in [7, 11) is 2.14. The smallest absolute Gasteiger partial charge is 0.148 e. The topological polar surface area (TPSA) is 29.8 Å². The SMILES string of the molecule is CCOc1cccc2c3c4n(c12)CCN(C)C4=NCC3. The second kappa shape index (κ2) is 4.27. The molecule has 0 saturated heterocycles. The first kappa shape index (κ1) is 11.8. The molecule has 4 nitrogen and oxygen atoms in total. The number of amidine groups is 1. The Labute approximate surface area is 118 Å². The first-order valence-electron chi connectivity index (χ1n) is 7.34. The molecule has 0 amide bonds. The minimum Gasteiger partial charge on any atom is -0.492 e. The van der Waals surface area contributed by atoms with E-state index in [4.69, 9.17) is 9.73 Å². The number of hydrogen-bond donors (Lipinski definition) is 0. The van der Waals surface area contributed by atoms with E-state index in [-0.39, 0.29) is 0 Å². The van der Waals surface area contributed by atoms with Crippen molar-refractivity contribution in [3.63, 3.8) is 0 Å². The lowest BCUT2D eigenvalue weighted by Crippen LogP contribution is -2.39. The zero-order valence-corrected chi connectivity index (χ0v) is 12.0. The number of benzene rings is 1. The highest BCUT2D eigenvalue weighted by Crippen LogP contribution is 2.36. The van der Waals surface area contributed by atoms with Crippen molar-refractivity contribution < 1.29 is 4.74 Å². The van der Waals surface area contributed by atoms with Crippen LogP contribution in [0.5, 0.6) is 5.75 Å². The van der Waals surface area contributed by atoms with Crippen LogP contribution >= 0.6 is 0 Å². The van der Waals surface area contributed by atoms with Gasteiger partial charge in [-0.25, -0.2) is 0 Å². The molecule has 1 aromatic heterocycles. The molecule has 0 radical (unpaired) electrons. The van der Waals surface area contributed by atoms with Gasteiger partial charge in [-0.05, 0) is 25.0 Å². The Morgan fingerprint density at radius 2 is 2.20 bits per heavy atom. The van der Waals surface area contributed by atoms with Crippen LogP contribution in [0.3, 0.4) is 0 Å². The molecule has 20 heavy (non-hydrogen) atoms. The second-order valence-electron chi connectivity index (χ2n) is 5.44. The Morgan fingerprint density at radius 3 is 3.05 bits per heavy atom. The maximum absolute atomic E-state index is 5.85. The van der Waals surface area contributed by atoms with E-state index in [1.807, 2.05) is 6.92 Å². The number of hydrogen-bond acceptors (Lipinski definition) is 3. The van der Waals surface area contributed by atoms with Crippen molar-refractivity contribution in [2.24, 2.45) is 4.99 Å². The number of nitrogens with zero attached hydrogens (tertiary/aromatic N) is 3. The minimum atomic E-state index is 0.704. The molecule has 3 heterocycles. The maximum Gasteiger partial charge on any atom is 0.148 e. The van der Waals surface area contributed by atoms with Crippen LogP contribution in [0, 0.1) is 0 Å². The molecular formula is C16H19N3O. The molecule has 0 N–H and O–H groups in total. The lowest BCUT2D eigenvalue weighted by Gasteiger charge is -2.31. The molecule has 2 aliphatic heterocycles. The molecule has 0 spiro atoms. The average Bonchev–Trinajstić information content (AvgIpc) is 2.80. The average molecular weight is 269 g/mol. The van der Waals surface area contributed by atoms with E-state index >= 15 is 0 Å². The summed E-state index contributed by atoms with van der Waals surface area (Å²) in [5, 5.41) is 1.34. The van der Waals surface area contributed by atoms with Crippen LogP contribution in [0.25, 0.3) is 10.9 Å². The highest BCUT2D eigenvalue weighted by atomic mass is 16.5. The monoisotopic (exact) mass is 269 g/mol. The van der Waals surface area contributed by atoms with E-state index in [9.17, 15) is 0 Å². The summed E-state index contributed by atoms with van der Waals surface area (Å²) in [6.45, 7) is 5.65. The molecule has 4 rings (SSSR count). The van der Waals surface area contributed by atoms with Crippen molar-refractivity contribution >= 4 is 16.7 Å². The fourth-order valence-electron chi connectivity index (χ4n) is 3.46. The highest BCUT2D eigenvalue weighted by Gasteiger charge is 2.30. The molecule has 0 saturated carbocycles. The maximum atomic E-state index is 5.85. The van der Waals surface area contributed by atoms with Gasteiger partial charge in [0.15, 0.2) is 0 Å².